The fraction of sp³-hybridized carbons (Fsp3) is 0.607. The second-order valence-corrected chi connectivity index (χ2v) is 23.2. The quantitative estimate of drug-likeness (QED) is 0.0575. The minimum atomic E-state index is -0.836. The number of ether oxygens (including phenoxy) is 2. The molecule has 0 bridgehead atoms. The van der Waals surface area contributed by atoms with Crippen LogP contribution in [-0.2, 0) is 28.8 Å². The van der Waals surface area contributed by atoms with Crippen LogP contribution in [0.15, 0.2) is 36.9 Å². The molecule has 78 heavy (non-hydrogen) atoms. The lowest BCUT2D eigenvalue weighted by molar-refractivity contribution is -0.143. The molecule has 4 aromatic rings. The predicted molar refractivity (Wildman–Crippen MR) is 301 cm³/mol. The van der Waals surface area contributed by atoms with Gasteiger partial charge in [0.15, 0.2) is 0 Å². The molecule has 22 nitrogen and oxygen atoms in total. The lowest BCUT2D eigenvalue weighted by atomic mass is 9.82. The van der Waals surface area contributed by atoms with E-state index in [-0.39, 0.29) is 35.4 Å². The van der Waals surface area contributed by atoms with E-state index in [4.69, 9.17) is 9.47 Å². The van der Waals surface area contributed by atoms with Gasteiger partial charge in [0.2, 0.25) is 35.4 Å². The summed E-state index contributed by atoms with van der Waals surface area (Å²) in [5, 5.41) is 26.3. The minimum Gasteiger partial charge on any atom is -0.494 e. The van der Waals surface area contributed by atoms with Crippen molar-refractivity contribution < 1.29 is 38.2 Å². The van der Waals surface area contributed by atoms with Gasteiger partial charge in [-0.1, -0.05) is 41.5 Å². The van der Waals surface area contributed by atoms with E-state index in [0.717, 1.165) is 25.7 Å². The summed E-state index contributed by atoms with van der Waals surface area (Å²) >= 11 is 0. The van der Waals surface area contributed by atoms with Gasteiger partial charge in [-0.3, -0.25) is 28.8 Å². The Balaban J connectivity index is 0.961. The summed E-state index contributed by atoms with van der Waals surface area (Å²) in [5.41, 5.74) is 0.921. The number of hydrogen-bond acceptors (Lipinski definition) is 16. The van der Waals surface area contributed by atoms with Crippen molar-refractivity contribution in [3.63, 3.8) is 0 Å². The summed E-state index contributed by atoms with van der Waals surface area (Å²) in [6.07, 6.45) is 9.18. The second-order valence-electron chi connectivity index (χ2n) is 23.2. The Labute approximate surface area is 457 Å². The van der Waals surface area contributed by atoms with Crippen LogP contribution in [0.3, 0.4) is 0 Å². The molecule has 0 unspecified atom stereocenters. The van der Waals surface area contributed by atoms with Crippen LogP contribution in [0.4, 0.5) is 23.0 Å². The van der Waals surface area contributed by atoms with E-state index in [1.54, 1.807) is 49.9 Å². The highest BCUT2D eigenvalue weighted by Gasteiger charge is 2.44. The maximum atomic E-state index is 14.1. The van der Waals surface area contributed by atoms with E-state index in [9.17, 15) is 28.8 Å². The number of nitrogens with zero attached hydrogens (tertiary/aromatic N) is 6. The molecule has 4 heterocycles. The van der Waals surface area contributed by atoms with Gasteiger partial charge >= 0.3 is 0 Å². The largest absolute Gasteiger partial charge is 0.494 e. The van der Waals surface area contributed by atoms with Gasteiger partial charge in [0.1, 0.15) is 60.0 Å². The molecule has 2 aromatic carbocycles. The first kappa shape index (κ1) is 58.7. The summed E-state index contributed by atoms with van der Waals surface area (Å²) in [6, 6.07) is 3.00. The molecule has 0 radical (unpaired) electrons. The Kier molecular flexibility index (Phi) is 19.0. The topological polar surface area (TPSA) is 275 Å². The molecule has 3 fully saturated rings. The minimum absolute atomic E-state index is 0.294. The van der Waals surface area contributed by atoms with Gasteiger partial charge in [-0.25, -0.2) is 19.9 Å². The normalized spacial score (nSPS) is 20.3. The van der Waals surface area contributed by atoms with Crippen molar-refractivity contribution in [1.82, 2.24) is 51.0 Å². The van der Waals surface area contributed by atoms with Crippen LogP contribution < -0.4 is 52.0 Å². The van der Waals surface area contributed by atoms with Crippen LogP contribution in [0, 0.1) is 22.7 Å². The molecule has 1 saturated carbocycles. The van der Waals surface area contributed by atoms with E-state index < -0.39 is 47.1 Å². The third kappa shape index (κ3) is 13.7. The molecule has 424 valence electrons. The van der Waals surface area contributed by atoms with Crippen LogP contribution in [0.1, 0.15) is 107 Å². The number of anilines is 4. The fourth-order valence-corrected chi connectivity index (χ4v) is 10.6. The molecule has 2 saturated heterocycles. The summed E-state index contributed by atoms with van der Waals surface area (Å²) in [4.78, 5) is 104. The maximum Gasteiger partial charge on any atom is 0.247 e. The summed E-state index contributed by atoms with van der Waals surface area (Å²) in [5.74, 6) is 0.964. The lowest BCUT2D eigenvalue weighted by Crippen LogP contribution is -2.59. The highest BCUT2D eigenvalue weighted by atomic mass is 16.5. The average molecular weight is 1080 g/mol. The Morgan fingerprint density at radius 1 is 0.577 bits per heavy atom. The van der Waals surface area contributed by atoms with Gasteiger partial charge in [-0.2, -0.15) is 0 Å². The van der Waals surface area contributed by atoms with E-state index >= 15 is 0 Å². The Morgan fingerprint density at radius 2 is 0.949 bits per heavy atom. The number of carbonyl (C=O) groups excluding carboxylic acids is 6. The monoisotopic (exact) mass is 1080 g/mol. The fourth-order valence-electron chi connectivity index (χ4n) is 10.6. The molecule has 22 heteroatoms. The van der Waals surface area contributed by atoms with E-state index in [2.05, 4.69) is 62.5 Å². The number of amides is 6. The number of benzene rings is 2. The smallest absolute Gasteiger partial charge is 0.247 e. The van der Waals surface area contributed by atoms with Gasteiger partial charge in [0.05, 0.1) is 48.7 Å². The zero-order valence-electron chi connectivity index (χ0n) is 47.5. The van der Waals surface area contributed by atoms with Crippen molar-refractivity contribution >= 4 is 80.3 Å². The maximum absolute atomic E-state index is 14.1. The number of likely N-dealkylation sites (N-methyl/N-ethyl adjacent to an activating group) is 2. The Bertz CT molecular complexity index is 2640. The number of carbonyl (C=O) groups is 6. The highest BCUT2D eigenvalue weighted by Crippen LogP contribution is 2.37. The van der Waals surface area contributed by atoms with Crippen molar-refractivity contribution in [2.24, 2.45) is 22.7 Å². The summed E-state index contributed by atoms with van der Waals surface area (Å²) in [6.45, 7) is 17.0. The molecule has 6 atom stereocenters. The zero-order valence-corrected chi connectivity index (χ0v) is 47.5. The summed E-state index contributed by atoms with van der Waals surface area (Å²) in [7, 11) is 6.43. The van der Waals surface area contributed by atoms with Crippen molar-refractivity contribution in [2.75, 3.05) is 75.8 Å². The number of aromatic nitrogens is 4. The number of likely N-dealkylation sites (tertiary alicyclic amines) is 2. The van der Waals surface area contributed by atoms with Crippen molar-refractivity contribution in [1.29, 1.82) is 0 Å². The van der Waals surface area contributed by atoms with Crippen LogP contribution in [0.5, 0.6) is 11.5 Å². The molecule has 2 aliphatic heterocycles. The number of methoxy groups -OCH3 is 2. The number of nitrogens with one attached hydrogen (secondary N) is 8. The molecule has 6 amide bonds. The van der Waals surface area contributed by atoms with E-state index in [1.807, 2.05) is 53.7 Å². The van der Waals surface area contributed by atoms with Crippen LogP contribution in [0.25, 0.3) is 21.8 Å². The van der Waals surface area contributed by atoms with Gasteiger partial charge in [-0.05, 0) is 114 Å². The first-order valence-electron chi connectivity index (χ1n) is 27.4. The molecule has 3 aliphatic rings. The Hall–Kier alpha value is -6.94. The molecular formula is C56H82N14O8. The zero-order chi connectivity index (χ0) is 56.6. The SMILES string of the molecule is CN[C@@H](C)C(=O)N[C@H](C(=O)N1CCC[C@H]1C(=O)Nc1cc2c(NCC3CCC(CNc4ncnc5cc(OC)c(NC(=O)[C@@H]6CCCN6C(=O)[C@@H](NC(=O)[C@H](C)NC)C(C)(C)C)cc45)CC3)ncnc2cc1OC)C(C)(C)C. The third-order valence-corrected chi connectivity index (χ3v) is 15.6. The van der Waals surface area contributed by atoms with Crippen molar-refractivity contribution in [3.8, 4) is 11.5 Å². The molecule has 1 aliphatic carbocycles. The van der Waals surface area contributed by atoms with Gasteiger partial charge < -0.3 is 61.8 Å². The molecule has 8 N–H and O–H groups in total. The van der Waals surface area contributed by atoms with Gasteiger partial charge in [0.25, 0.3) is 0 Å². The lowest BCUT2D eigenvalue weighted by Gasteiger charge is -2.36. The van der Waals surface area contributed by atoms with Gasteiger partial charge in [0, 0.05) is 49.1 Å². The first-order valence-corrected chi connectivity index (χ1v) is 27.4. The standard InChI is InChI=1S/C56H82N14O8/c1-31(57-9)49(71)67-45(55(3,4)5)53(75)69-21-13-15-41(69)51(73)65-39-23-35-37(25-43(39)77-11)61-29-63-47(35)59-27-33-17-19-34(20-18-33)28-60-48-36-24-40(44(78-12)26-38(36)62-30-64-48)66-52(74)42-16-14-22-70(42)54(76)46(56(6,7)8)68-50(72)32(2)58-10/h23-26,29-34,41-42,45-46,57-58H,13-22,27-28H2,1-12H3,(H,65,73)(H,66,74)(H,67,71)(H,68,72)(H,59,61,63)(H,60,62,64)/t31-,32-,33?,34?,41-,42-,45+,46+/m0/s1. The van der Waals surface area contributed by atoms with Crippen LogP contribution in [-0.4, -0.2) is 156 Å². The molecular weight excluding hydrogens is 997 g/mol. The van der Waals surface area contributed by atoms with E-state index in [1.165, 1.54) is 26.9 Å². The molecule has 7 rings (SSSR count). The molecule has 2 aromatic heterocycles. The average Bonchev–Trinajstić information content (AvgIpc) is 4.17. The van der Waals surface area contributed by atoms with Crippen molar-refractivity contribution in [2.45, 2.75) is 143 Å². The summed E-state index contributed by atoms with van der Waals surface area (Å²) < 4.78 is 11.5. The van der Waals surface area contributed by atoms with Crippen molar-refractivity contribution in [3.05, 3.63) is 36.9 Å². The van der Waals surface area contributed by atoms with E-state index in [0.29, 0.717) is 120 Å². The Morgan fingerprint density at radius 3 is 1.28 bits per heavy atom. The van der Waals surface area contributed by atoms with Gasteiger partial charge in [-0.15, -0.1) is 0 Å². The number of rotatable bonds is 20. The predicted octanol–water partition coefficient (Wildman–Crippen LogP) is 5.06. The van der Waals surface area contributed by atoms with Crippen LogP contribution in [0.2, 0.25) is 0 Å². The number of hydrogen-bond donors (Lipinski definition) is 8. The van der Waals surface area contributed by atoms with Crippen LogP contribution >= 0.6 is 0 Å². The number of fused-ring (bicyclic) bond motifs is 2. The molecule has 0 spiro atoms. The highest BCUT2D eigenvalue weighted by molar-refractivity contribution is 6.04. The second kappa shape index (κ2) is 25.2. The first-order chi connectivity index (χ1) is 37.1. The third-order valence-electron chi connectivity index (χ3n) is 15.6.